The van der Waals surface area contributed by atoms with Crippen molar-refractivity contribution in [2.45, 2.75) is 205 Å². The number of cyclic esters (lactones) is 1. The molecule has 5 aliphatic rings. The van der Waals surface area contributed by atoms with E-state index in [1.165, 1.54) is 26.1 Å². The van der Waals surface area contributed by atoms with Gasteiger partial charge in [0.05, 0.1) is 142 Å². The molecule has 10 rings (SSSR count). The van der Waals surface area contributed by atoms with Gasteiger partial charge in [-0.05, 0) is 136 Å². The third kappa shape index (κ3) is 28.9. The SMILES string of the molecule is CO[C@H]1C[C@@H]2CC[C@@H](C)[C@@](O)(O2)C(=O)C(=O)N2CCCC[C@H]2C(=O)O[C@H]([C@H](N)C[C@@H]2CC[C@@H](OC(=O)NCCOCCOCCOCCOCCOCCOCCOCCOCCC(=O)N3CCc4cc(Cn5nc(-c6cnc7[nH]ccc7c6)c6c(N)ncnc65)ccc4C3)[C@H](OC)C2)CC(=O)[C@H](C)/C=C(\C)[C@@H](O)[C@@H](OC)C(=O)[C@H](C)C[C@H](C)/C=C/C=CC=C1C. The number of nitrogens with zero attached hydrogens (tertiary/aromatic N) is 7. The normalized spacial score (nSPS) is 26.4. The second-order valence-electron chi connectivity index (χ2n) is 33.5. The lowest BCUT2D eigenvalue weighted by Crippen LogP contribution is -2.61. The molecular formula is C92H133N11O23. The molecule has 2 saturated heterocycles. The van der Waals surface area contributed by atoms with Gasteiger partial charge in [-0.1, -0.05) is 82.4 Å². The summed E-state index contributed by atoms with van der Waals surface area (Å²) in [4.78, 5) is 118. The maximum atomic E-state index is 14.7. The van der Waals surface area contributed by atoms with Crippen LogP contribution in [-0.4, -0.2) is 298 Å². The highest BCUT2D eigenvalue weighted by Crippen LogP contribution is 2.39. The van der Waals surface area contributed by atoms with Gasteiger partial charge in [0.1, 0.15) is 59.7 Å². The number of nitrogens with two attached hydrogens (primary N) is 2. The summed E-state index contributed by atoms with van der Waals surface area (Å²) in [5.41, 5.74) is 20.9. The lowest BCUT2D eigenvalue weighted by Gasteiger charge is -2.42. The molecule has 694 valence electrons. The number of H-pyrrole nitrogens is 1. The fourth-order valence-corrected chi connectivity index (χ4v) is 16.9. The van der Waals surface area contributed by atoms with Crippen LogP contribution in [0.3, 0.4) is 0 Å². The van der Waals surface area contributed by atoms with E-state index >= 15 is 0 Å². The molecule has 4 aromatic heterocycles. The Bertz CT molecular complexity index is 4460. The number of ether oxygens (including phenoxy) is 14. The van der Waals surface area contributed by atoms with Gasteiger partial charge in [0.15, 0.2) is 11.4 Å². The van der Waals surface area contributed by atoms with Crippen molar-refractivity contribution < 1.29 is 110 Å². The summed E-state index contributed by atoms with van der Waals surface area (Å²) < 4.78 is 82.6. The van der Waals surface area contributed by atoms with E-state index in [2.05, 4.69) is 43.5 Å². The number of allylic oxidation sites excluding steroid dienone is 6. The zero-order valence-corrected chi connectivity index (χ0v) is 74.7. The Morgan fingerprint density at radius 3 is 2.08 bits per heavy atom. The number of benzene rings is 1. The number of carbonyl (C=O) groups is 7. The smallest absolute Gasteiger partial charge is 0.407 e. The average Bonchev–Trinajstić information content (AvgIpc) is 1.49. The molecule has 5 aromatic rings. The first-order chi connectivity index (χ1) is 60.9. The number of Topliss-reactive ketones (excluding diaryl/α,β-unsaturated/α-hetero) is 3. The highest BCUT2D eigenvalue weighted by molar-refractivity contribution is 6.39. The number of rotatable bonds is 37. The van der Waals surface area contributed by atoms with Crippen LogP contribution < -0.4 is 16.8 Å². The number of alkyl carbamates (subject to hydrolysis) is 1. The number of aliphatic hydroxyl groups is 2. The van der Waals surface area contributed by atoms with Crippen molar-refractivity contribution >= 4 is 69.1 Å². The molecule has 3 fully saturated rings. The lowest BCUT2D eigenvalue weighted by atomic mass is 9.80. The average molecular weight is 1760 g/mol. The second kappa shape index (κ2) is 50.9. The standard InChI is InChI=1S/C92H133N11O23/c1-59-15-11-10-12-16-60(2)76(113-7)53-71-22-18-64(6)92(112,126-71)85(108)89(109)102-29-14-13-17-73(102)90(110)124-77(54-74(104)61(3)48-63(5)83(107)84(115-9)82(106)62(4)47-59)72(93)50-65-20-23-75(78(51-65)114-8)125-91(111)96-28-32-117-34-36-119-38-40-121-42-44-123-46-45-122-43-41-120-39-37-118-35-33-116-31-26-79(105)101-30-25-67-49-66(19-21-69(67)57-101)56-103-88-80(86(94)98-58-99-88)81(100-103)70-52-68-24-27-95-87(68)97-55-70/h10-12,15-16,19,21,24,27,48-49,52,55,58-59,61-62,64-65,71-73,75-78,83-84,107,112H,13-14,17-18,20,22-23,25-26,28-47,50-51,53-54,56-57,93H2,1-9H3,(H,95,97)(H,96,111)(H2,94,98,99)/b12-10?,15-11+,60-16?,63-48+/t59-,61-,62-,64-,65+,71+,72-,73+,75-,76+,77+,78-,83-,84+,92-/m1/s1. The van der Waals surface area contributed by atoms with Crippen LogP contribution in [0.25, 0.3) is 33.3 Å². The number of carbonyl (C=O) groups excluding carboxylic acids is 7. The Morgan fingerprint density at radius 1 is 0.722 bits per heavy atom. The molecule has 34 nitrogen and oxygen atoms in total. The molecule has 0 spiro atoms. The molecule has 0 radical (unpaired) electrons. The van der Waals surface area contributed by atoms with Crippen molar-refractivity contribution in [1.29, 1.82) is 0 Å². The molecule has 15 atom stereocenters. The number of aromatic amines is 1. The number of hydrogen-bond acceptors (Lipinski definition) is 29. The van der Waals surface area contributed by atoms with Crippen molar-refractivity contribution in [3.05, 3.63) is 113 Å². The topological polar surface area (TPSA) is 432 Å². The van der Waals surface area contributed by atoms with Crippen molar-refractivity contribution in [2.75, 3.05) is 152 Å². The Morgan fingerprint density at radius 2 is 1.40 bits per heavy atom. The van der Waals surface area contributed by atoms with Crippen LogP contribution in [0.1, 0.15) is 142 Å². The molecule has 1 aromatic carbocycles. The molecule has 1 saturated carbocycles. The van der Waals surface area contributed by atoms with Crippen LogP contribution in [0.2, 0.25) is 0 Å². The molecule has 0 unspecified atom stereocenters. The molecule has 8 N–H and O–H groups in total. The number of nitrogens with one attached hydrogen (secondary N) is 2. The second-order valence-corrected chi connectivity index (χ2v) is 33.5. The Labute approximate surface area is 738 Å². The van der Waals surface area contributed by atoms with E-state index in [1.54, 1.807) is 47.1 Å². The van der Waals surface area contributed by atoms with Crippen LogP contribution in [0, 0.1) is 29.6 Å². The summed E-state index contributed by atoms with van der Waals surface area (Å²) in [7, 11) is 4.44. The van der Waals surface area contributed by atoms with E-state index in [1.807, 2.05) is 72.1 Å². The highest BCUT2D eigenvalue weighted by atomic mass is 16.6. The number of methoxy groups -OCH3 is 3. The zero-order chi connectivity index (χ0) is 90.1. The number of aromatic nitrogens is 6. The van der Waals surface area contributed by atoms with Crippen molar-refractivity contribution in [2.24, 2.45) is 35.3 Å². The first kappa shape index (κ1) is 99.5. The number of anilines is 1. The van der Waals surface area contributed by atoms with E-state index in [9.17, 15) is 43.8 Å². The third-order valence-corrected chi connectivity index (χ3v) is 24.2. The maximum absolute atomic E-state index is 14.7. The van der Waals surface area contributed by atoms with Crippen molar-refractivity contribution in [1.82, 2.24) is 44.8 Å². The number of nitrogen functional groups attached to an aromatic ring is 1. The van der Waals surface area contributed by atoms with Gasteiger partial charge in [-0.25, -0.2) is 29.2 Å². The molecular weight excluding hydrogens is 1630 g/mol. The van der Waals surface area contributed by atoms with Gasteiger partial charge in [-0.3, -0.25) is 24.0 Å². The maximum Gasteiger partial charge on any atom is 0.407 e. The number of hydrogen-bond donors (Lipinski definition) is 6. The number of pyridine rings is 1. The molecule has 34 heteroatoms. The number of ketones is 3. The molecule has 4 aliphatic heterocycles. The van der Waals surface area contributed by atoms with Crippen LogP contribution in [0.5, 0.6) is 0 Å². The fourth-order valence-electron chi connectivity index (χ4n) is 16.9. The molecule has 3 amide bonds. The number of piperidine rings is 1. The van der Waals surface area contributed by atoms with Crippen molar-refractivity contribution in [3.8, 4) is 11.3 Å². The third-order valence-electron chi connectivity index (χ3n) is 24.2. The quantitative estimate of drug-likeness (QED) is 0.00948. The predicted octanol–water partition coefficient (Wildman–Crippen LogP) is 8.03. The number of aliphatic hydroxyl groups excluding tert-OH is 1. The minimum atomic E-state index is -2.50. The Balaban J connectivity index is 0.553. The summed E-state index contributed by atoms with van der Waals surface area (Å²) >= 11 is 0. The first-order valence-corrected chi connectivity index (χ1v) is 44.5. The summed E-state index contributed by atoms with van der Waals surface area (Å²) in [6, 6.07) is 8.12. The van der Waals surface area contributed by atoms with Crippen LogP contribution in [0.15, 0.2) is 96.7 Å². The van der Waals surface area contributed by atoms with E-state index in [0.717, 1.165) is 44.6 Å². The Kier molecular flexibility index (Phi) is 40.2. The summed E-state index contributed by atoms with van der Waals surface area (Å²) in [6.45, 7) is 18.2. The van der Waals surface area contributed by atoms with E-state index in [0.29, 0.717) is 192 Å². The first-order valence-electron chi connectivity index (χ1n) is 44.5. The minimum absolute atomic E-state index is 0.00897. The van der Waals surface area contributed by atoms with Crippen LogP contribution in [-0.2, 0) is 115 Å². The number of fused-ring (bicyclic) bond motifs is 6. The molecule has 2 bridgehead atoms. The van der Waals surface area contributed by atoms with Gasteiger partial charge in [0.25, 0.3) is 11.7 Å². The van der Waals surface area contributed by atoms with Gasteiger partial charge >= 0.3 is 12.1 Å². The monoisotopic (exact) mass is 1760 g/mol. The van der Waals surface area contributed by atoms with Crippen LogP contribution in [0.4, 0.5) is 10.6 Å². The van der Waals surface area contributed by atoms with Gasteiger partial charge in [0, 0.05) is 107 Å². The highest BCUT2D eigenvalue weighted by Gasteiger charge is 2.53. The summed E-state index contributed by atoms with van der Waals surface area (Å²) in [5, 5.41) is 33.1. The molecule has 126 heavy (non-hydrogen) atoms. The Hall–Kier alpha value is -8.69. The van der Waals surface area contributed by atoms with E-state index in [-0.39, 0.29) is 81.9 Å². The molecule has 1 aliphatic carbocycles. The van der Waals surface area contributed by atoms with Gasteiger partial charge in [-0.15, -0.1) is 0 Å². The summed E-state index contributed by atoms with van der Waals surface area (Å²) in [6.07, 6.45) is 14.2. The van der Waals surface area contributed by atoms with Crippen LogP contribution >= 0.6 is 0 Å². The number of amides is 3. The van der Waals surface area contributed by atoms with Gasteiger partial charge in [-0.2, -0.15) is 5.10 Å². The van der Waals surface area contributed by atoms with Gasteiger partial charge < -0.3 is 108 Å². The number of esters is 1. The summed E-state index contributed by atoms with van der Waals surface area (Å²) in [5.74, 6) is -8.28. The molecule has 8 heterocycles. The van der Waals surface area contributed by atoms with Crippen molar-refractivity contribution in [3.63, 3.8) is 0 Å². The van der Waals surface area contributed by atoms with Gasteiger partial charge in [0.2, 0.25) is 11.7 Å². The van der Waals surface area contributed by atoms with E-state index in [4.69, 9.17) is 82.9 Å². The fraction of sp³-hybridized carbons (Fsp3) is 0.641. The zero-order valence-electron chi connectivity index (χ0n) is 74.7. The minimum Gasteiger partial charge on any atom is -0.459 e. The largest absolute Gasteiger partial charge is 0.459 e. The lowest BCUT2D eigenvalue weighted by molar-refractivity contribution is -0.265. The predicted molar refractivity (Wildman–Crippen MR) is 467 cm³/mol. The van der Waals surface area contributed by atoms with E-state index < -0.39 is 108 Å².